The van der Waals surface area contributed by atoms with E-state index in [1.54, 1.807) is 0 Å². The van der Waals surface area contributed by atoms with Crippen molar-refractivity contribution in [3.8, 4) is 0 Å². The minimum absolute atomic E-state index is 0. The van der Waals surface area contributed by atoms with Gasteiger partial charge < -0.3 is 15.7 Å². The van der Waals surface area contributed by atoms with E-state index in [0.717, 1.165) is 44.7 Å². The molecule has 0 radical (unpaired) electrons. The van der Waals surface area contributed by atoms with Crippen LogP contribution in [0.3, 0.4) is 0 Å². The van der Waals surface area contributed by atoms with Crippen molar-refractivity contribution in [2.75, 3.05) is 25.9 Å². The molecule has 0 heterocycles. The lowest BCUT2D eigenvalue weighted by Crippen LogP contribution is -2.42. The number of nitrogens with zero attached hydrogens (tertiary/aromatic N) is 1. The Bertz CT molecular complexity index is 272. The highest BCUT2D eigenvalue weighted by atomic mass is 127. The van der Waals surface area contributed by atoms with Gasteiger partial charge in [0.15, 0.2) is 5.96 Å². The van der Waals surface area contributed by atoms with E-state index in [2.05, 4.69) is 49.6 Å². The van der Waals surface area contributed by atoms with Gasteiger partial charge in [0, 0.05) is 18.3 Å². The van der Waals surface area contributed by atoms with Crippen molar-refractivity contribution in [3.63, 3.8) is 0 Å². The summed E-state index contributed by atoms with van der Waals surface area (Å²) in [5.41, 5.74) is -0.656. The molecule has 0 amide bonds. The number of hydrogen-bond donors (Lipinski definition) is 3. The molecule has 0 saturated heterocycles. The van der Waals surface area contributed by atoms with E-state index >= 15 is 0 Å². The summed E-state index contributed by atoms with van der Waals surface area (Å²) in [6.45, 7) is 10.6. The van der Waals surface area contributed by atoms with Gasteiger partial charge in [-0.1, -0.05) is 33.6 Å². The van der Waals surface area contributed by atoms with E-state index in [1.807, 2.05) is 11.8 Å². The molecule has 0 aliphatic heterocycles. The summed E-state index contributed by atoms with van der Waals surface area (Å²) in [6, 6.07) is 0. The Balaban J connectivity index is 0. The second kappa shape index (κ2) is 13.9. The second-order valence-electron chi connectivity index (χ2n) is 5.35. The van der Waals surface area contributed by atoms with Crippen LogP contribution in [0.15, 0.2) is 4.99 Å². The Morgan fingerprint density at radius 1 is 1.19 bits per heavy atom. The fraction of sp³-hybridized carbons (Fsp3) is 0.933. The summed E-state index contributed by atoms with van der Waals surface area (Å²) < 4.78 is 0. The zero-order valence-corrected chi connectivity index (χ0v) is 17.4. The molecule has 128 valence electrons. The summed E-state index contributed by atoms with van der Waals surface area (Å²) >= 11 is 1.83. The number of aliphatic imine (C=N–C) groups is 1. The number of rotatable bonds is 10. The van der Waals surface area contributed by atoms with Gasteiger partial charge >= 0.3 is 0 Å². The minimum atomic E-state index is -0.656. The molecule has 3 N–H and O–H groups in total. The highest BCUT2D eigenvalue weighted by molar-refractivity contribution is 14.0. The molecule has 0 aromatic rings. The fourth-order valence-electron chi connectivity index (χ4n) is 2.11. The Hall–Kier alpha value is 0.310. The van der Waals surface area contributed by atoms with E-state index in [1.165, 1.54) is 0 Å². The molecule has 0 fully saturated rings. The summed E-state index contributed by atoms with van der Waals surface area (Å²) in [6.07, 6.45) is 5.70. The average Bonchev–Trinajstić information content (AvgIpc) is 2.42. The van der Waals surface area contributed by atoms with Crippen molar-refractivity contribution in [2.45, 2.75) is 64.2 Å². The van der Waals surface area contributed by atoms with Crippen LogP contribution in [0.25, 0.3) is 0 Å². The first-order valence-electron chi connectivity index (χ1n) is 7.78. The maximum atomic E-state index is 10.6. The van der Waals surface area contributed by atoms with Crippen molar-refractivity contribution in [2.24, 2.45) is 4.99 Å². The van der Waals surface area contributed by atoms with Crippen molar-refractivity contribution < 1.29 is 5.11 Å². The van der Waals surface area contributed by atoms with E-state index < -0.39 is 5.60 Å². The number of thioether (sulfide) groups is 1. The fourth-order valence-corrected chi connectivity index (χ4v) is 2.36. The average molecular weight is 431 g/mol. The number of halogens is 1. The molecule has 6 heteroatoms. The molecule has 21 heavy (non-hydrogen) atoms. The molecular formula is C15H34IN3OS. The number of aliphatic hydroxyl groups is 1. The van der Waals surface area contributed by atoms with Crippen LogP contribution in [0.4, 0.5) is 0 Å². The first-order valence-corrected chi connectivity index (χ1v) is 9.07. The highest BCUT2D eigenvalue weighted by Crippen LogP contribution is 2.19. The predicted molar refractivity (Wildman–Crippen MR) is 107 cm³/mol. The summed E-state index contributed by atoms with van der Waals surface area (Å²) in [5, 5.41) is 17.7. The third-order valence-corrected chi connectivity index (χ3v) is 4.24. The van der Waals surface area contributed by atoms with Gasteiger partial charge in [-0.05, 0) is 26.0 Å². The number of hydrogen-bond acceptors (Lipinski definition) is 3. The lowest BCUT2D eigenvalue weighted by atomic mass is 9.93. The molecule has 0 saturated carbocycles. The Morgan fingerprint density at radius 3 is 2.19 bits per heavy atom. The van der Waals surface area contributed by atoms with Gasteiger partial charge in [0.25, 0.3) is 0 Å². The largest absolute Gasteiger partial charge is 0.388 e. The van der Waals surface area contributed by atoms with E-state index in [4.69, 9.17) is 0 Å². The van der Waals surface area contributed by atoms with E-state index in [-0.39, 0.29) is 24.0 Å². The van der Waals surface area contributed by atoms with Gasteiger partial charge in [-0.15, -0.1) is 24.0 Å². The quantitative estimate of drug-likeness (QED) is 0.282. The van der Waals surface area contributed by atoms with Crippen LogP contribution in [-0.4, -0.2) is 47.8 Å². The summed E-state index contributed by atoms with van der Waals surface area (Å²) in [4.78, 5) is 4.56. The monoisotopic (exact) mass is 431 g/mol. The molecule has 1 unspecified atom stereocenters. The van der Waals surface area contributed by atoms with E-state index in [0.29, 0.717) is 11.8 Å². The number of nitrogens with one attached hydrogen (secondary N) is 2. The van der Waals surface area contributed by atoms with Crippen molar-refractivity contribution in [1.82, 2.24) is 10.6 Å². The highest BCUT2D eigenvalue weighted by Gasteiger charge is 2.24. The first kappa shape index (κ1) is 23.6. The second-order valence-corrected chi connectivity index (χ2v) is 6.62. The van der Waals surface area contributed by atoms with Gasteiger partial charge in [0.05, 0.1) is 12.1 Å². The standard InChI is InChI=1S/C15H33N3OS.HI/c1-6-9-15(19,10-7-2)12-18-14(16-8-3)17-11-13(4)20-5;/h13,19H,6-12H2,1-5H3,(H2,16,17,18);1H. The van der Waals surface area contributed by atoms with Crippen LogP contribution in [0.5, 0.6) is 0 Å². The molecule has 0 aromatic heterocycles. The predicted octanol–water partition coefficient (Wildman–Crippen LogP) is 3.24. The van der Waals surface area contributed by atoms with Crippen LogP contribution in [-0.2, 0) is 0 Å². The maximum absolute atomic E-state index is 10.6. The van der Waals surface area contributed by atoms with Crippen LogP contribution in [0.1, 0.15) is 53.4 Å². The molecule has 1 atom stereocenters. The molecule has 4 nitrogen and oxygen atoms in total. The first-order chi connectivity index (χ1) is 9.51. The lowest BCUT2D eigenvalue weighted by molar-refractivity contribution is 0.0306. The van der Waals surface area contributed by atoms with Crippen molar-refractivity contribution >= 4 is 41.7 Å². The Labute approximate surface area is 152 Å². The molecule has 0 aliphatic carbocycles. The smallest absolute Gasteiger partial charge is 0.191 e. The zero-order valence-electron chi connectivity index (χ0n) is 14.2. The SMILES string of the molecule is CCCC(O)(CCC)CN=C(NCC)NCC(C)SC.I. The van der Waals surface area contributed by atoms with Gasteiger partial charge in [-0.2, -0.15) is 11.8 Å². The third kappa shape index (κ3) is 11.5. The van der Waals surface area contributed by atoms with Gasteiger partial charge in [0.1, 0.15) is 0 Å². The van der Waals surface area contributed by atoms with Gasteiger partial charge in [0.2, 0.25) is 0 Å². The Morgan fingerprint density at radius 2 is 1.76 bits per heavy atom. The van der Waals surface area contributed by atoms with E-state index in [9.17, 15) is 5.11 Å². The number of guanidine groups is 1. The molecular weight excluding hydrogens is 397 g/mol. The minimum Gasteiger partial charge on any atom is -0.388 e. The molecule has 0 bridgehead atoms. The topological polar surface area (TPSA) is 56.7 Å². The van der Waals surface area contributed by atoms with Crippen LogP contribution in [0.2, 0.25) is 0 Å². The van der Waals surface area contributed by atoms with Gasteiger partial charge in [-0.3, -0.25) is 4.99 Å². The maximum Gasteiger partial charge on any atom is 0.191 e. The summed E-state index contributed by atoms with van der Waals surface area (Å²) in [5.74, 6) is 0.805. The lowest BCUT2D eigenvalue weighted by Gasteiger charge is -2.26. The summed E-state index contributed by atoms with van der Waals surface area (Å²) in [7, 11) is 0. The molecule has 0 spiro atoms. The third-order valence-electron chi connectivity index (χ3n) is 3.27. The zero-order chi connectivity index (χ0) is 15.4. The van der Waals surface area contributed by atoms with Crippen LogP contribution < -0.4 is 10.6 Å². The molecule has 0 aliphatic rings. The van der Waals surface area contributed by atoms with Crippen molar-refractivity contribution in [3.05, 3.63) is 0 Å². The van der Waals surface area contributed by atoms with Crippen LogP contribution in [0, 0.1) is 0 Å². The molecule has 0 rings (SSSR count). The normalized spacial score (nSPS) is 13.5. The molecule has 0 aromatic carbocycles. The van der Waals surface area contributed by atoms with Gasteiger partial charge in [-0.25, -0.2) is 0 Å². The Kier molecular flexibility index (Phi) is 15.6. The van der Waals surface area contributed by atoms with Crippen LogP contribution >= 0.6 is 35.7 Å². The van der Waals surface area contributed by atoms with Crippen molar-refractivity contribution in [1.29, 1.82) is 0 Å².